The molecule has 0 aliphatic heterocycles. The lowest BCUT2D eigenvalue weighted by Crippen LogP contribution is -2.30. The number of hydrogen-bond acceptors (Lipinski definition) is 1. The van der Waals surface area contributed by atoms with Crippen molar-refractivity contribution in [2.75, 3.05) is 6.61 Å². The maximum atomic E-state index is 6.25. The summed E-state index contributed by atoms with van der Waals surface area (Å²) in [5.74, 6) is 1.81. The summed E-state index contributed by atoms with van der Waals surface area (Å²) >= 11 is 0. The van der Waals surface area contributed by atoms with Gasteiger partial charge in [-0.25, -0.2) is 0 Å². The van der Waals surface area contributed by atoms with Gasteiger partial charge in [0.05, 0.1) is 6.10 Å². The fourth-order valence-corrected chi connectivity index (χ4v) is 3.59. The van der Waals surface area contributed by atoms with Crippen molar-refractivity contribution in [3.8, 4) is 0 Å². The summed E-state index contributed by atoms with van der Waals surface area (Å²) in [6.07, 6.45) is 14.7. The van der Waals surface area contributed by atoms with Crippen LogP contribution in [-0.2, 0) is 4.74 Å². The van der Waals surface area contributed by atoms with Gasteiger partial charge in [0.1, 0.15) is 0 Å². The average molecular weight is 224 g/mol. The van der Waals surface area contributed by atoms with Crippen LogP contribution in [-0.4, -0.2) is 12.7 Å². The van der Waals surface area contributed by atoms with Crippen LogP contribution in [0.15, 0.2) is 0 Å². The van der Waals surface area contributed by atoms with Gasteiger partial charge in [-0.05, 0) is 43.9 Å². The van der Waals surface area contributed by atoms with Crippen LogP contribution in [0.1, 0.15) is 71.1 Å². The molecule has 0 saturated heterocycles. The first kappa shape index (κ1) is 12.4. The number of ether oxygens (including phenoxy) is 1. The van der Waals surface area contributed by atoms with Crippen molar-refractivity contribution in [2.24, 2.45) is 11.8 Å². The van der Waals surface area contributed by atoms with Gasteiger partial charge in [-0.2, -0.15) is 0 Å². The van der Waals surface area contributed by atoms with Crippen LogP contribution in [0.5, 0.6) is 0 Å². The Balaban J connectivity index is 1.83. The standard InChI is InChI=1S/C15H28O/c1-2-3-12-16-15(13-8-4-5-9-13)14-10-6-7-11-14/h13-15H,2-12H2,1H3. The predicted octanol–water partition coefficient (Wildman–Crippen LogP) is 4.55. The van der Waals surface area contributed by atoms with Gasteiger partial charge in [0.15, 0.2) is 0 Å². The van der Waals surface area contributed by atoms with Crippen molar-refractivity contribution >= 4 is 0 Å². The van der Waals surface area contributed by atoms with Crippen molar-refractivity contribution in [3.05, 3.63) is 0 Å². The van der Waals surface area contributed by atoms with Gasteiger partial charge < -0.3 is 4.74 Å². The van der Waals surface area contributed by atoms with E-state index in [-0.39, 0.29) is 0 Å². The third-order valence-electron chi connectivity index (χ3n) is 4.54. The SMILES string of the molecule is CCCCOC(C1CCCC1)C1CCCC1. The van der Waals surface area contributed by atoms with Crippen molar-refractivity contribution in [1.29, 1.82) is 0 Å². The number of rotatable bonds is 6. The Bertz CT molecular complexity index is 162. The van der Waals surface area contributed by atoms with E-state index in [1.165, 1.54) is 64.2 Å². The predicted molar refractivity (Wildman–Crippen MR) is 68.6 cm³/mol. The van der Waals surface area contributed by atoms with Gasteiger partial charge in [0.2, 0.25) is 0 Å². The zero-order chi connectivity index (χ0) is 11.2. The smallest absolute Gasteiger partial charge is 0.0631 e. The highest BCUT2D eigenvalue weighted by Crippen LogP contribution is 2.39. The molecular formula is C15H28O. The molecule has 2 rings (SSSR count). The monoisotopic (exact) mass is 224 g/mol. The van der Waals surface area contributed by atoms with Crippen LogP contribution < -0.4 is 0 Å². The highest BCUT2D eigenvalue weighted by molar-refractivity contribution is 4.84. The second kappa shape index (κ2) is 6.64. The Morgan fingerprint density at radius 1 is 0.938 bits per heavy atom. The van der Waals surface area contributed by atoms with E-state index >= 15 is 0 Å². The van der Waals surface area contributed by atoms with Crippen molar-refractivity contribution < 1.29 is 4.74 Å². The average Bonchev–Trinajstić information content (AvgIpc) is 2.97. The molecule has 0 bridgehead atoms. The van der Waals surface area contributed by atoms with Crippen LogP contribution in [0, 0.1) is 11.8 Å². The first-order valence-corrected chi connectivity index (χ1v) is 7.53. The summed E-state index contributed by atoms with van der Waals surface area (Å²) < 4.78 is 6.25. The molecule has 0 atom stereocenters. The molecule has 2 aliphatic rings. The summed E-state index contributed by atoms with van der Waals surface area (Å²) in [7, 11) is 0. The summed E-state index contributed by atoms with van der Waals surface area (Å²) in [5.41, 5.74) is 0. The Morgan fingerprint density at radius 2 is 1.44 bits per heavy atom. The number of unbranched alkanes of at least 4 members (excludes halogenated alkanes) is 1. The summed E-state index contributed by atoms with van der Waals surface area (Å²) in [4.78, 5) is 0. The topological polar surface area (TPSA) is 9.23 Å². The van der Waals surface area contributed by atoms with E-state index in [1.54, 1.807) is 0 Å². The minimum atomic E-state index is 0.622. The van der Waals surface area contributed by atoms with Crippen molar-refractivity contribution in [1.82, 2.24) is 0 Å². The minimum absolute atomic E-state index is 0.622. The molecule has 0 radical (unpaired) electrons. The van der Waals surface area contributed by atoms with E-state index in [2.05, 4.69) is 6.92 Å². The molecule has 0 unspecified atom stereocenters. The van der Waals surface area contributed by atoms with Gasteiger partial charge >= 0.3 is 0 Å². The zero-order valence-electron chi connectivity index (χ0n) is 10.9. The zero-order valence-corrected chi connectivity index (χ0v) is 10.9. The normalized spacial score (nSPS) is 23.6. The van der Waals surface area contributed by atoms with E-state index in [0.717, 1.165) is 18.4 Å². The van der Waals surface area contributed by atoms with Gasteiger partial charge in [-0.1, -0.05) is 39.0 Å². The molecule has 0 aromatic heterocycles. The van der Waals surface area contributed by atoms with Gasteiger partial charge in [0, 0.05) is 6.61 Å². The Labute approximate surface area is 101 Å². The molecule has 0 aromatic carbocycles. The largest absolute Gasteiger partial charge is 0.378 e. The van der Waals surface area contributed by atoms with E-state index in [4.69, 9.17) is 4.74 Å². The van der Waals surface area contributed by atoms with Crippen LogP contribution in [0.3, 0.4) is 0 Å². The van der Waals surface area contributed by atoms with Crippen molar-refractivity contribution in [3.63, 3.8) is 0 Å². The molecule has 0 amide bonds. The lowest BCUT2D eigenvalue weighted by atomic mass is 9.88. The first-order chi connectivity index (χ1) is 7.92. The third-order valence-corrected chi connectivity index (χ3v) is 4.54. The van der Waals surface area contributed by atoms with Gasteiger partial charge in [0.25, 0.3) is 0 Å². The lowest BCUT2D eigenvalue weighted by Gasteiger charge is -2.29. The molecule has 16 heavy (non-hydrogen) atoms. The third kappa shape index (κ3) is 3.23. The van der Waals surface area contributed by atoms with Crippen LogP contribution in [0.4, 0.5) is 0 Å². The molecule has 0 N–H and O–H groups in total. The molecule has 94 valence electrons. The molecule has 2 aliphatic carbocycles. The second-order valence-corrected chi connectivity index (χ2v) is 5.78. The molecule has 0 spiro atoms. The molecular weight excluding hydrogens is 196 g/mol. The highest BCUT2D eigenvalue weighted by Gasteiger charge is 2.33. The second-order valence-electron chi connectivity index (χ2n) is 5.78. The van der Waals surface area contributed by atoms with Gasteiger partial charge in [-0.3, -0.25) is 0 Å². The van der Waals surface area contributed by atoms with E-state index in [9.17, 15) is 0 Å². The molecule has 0 heterocycles. The summed E-state index contributed by atoms with van der Waals surface area (Å²) in [6.45, 7) is 3.26. The molecule has 1 heteroatoms. The van der Waals surface area contributed by atoms with Gasteiger partial charge in [-0.15, -0.1) is 0 Å². The molecule has 0 aromatic rings. The van der Waals surface area contributed by atoms with Crippen LogP contribution in [0.25, 0.3) is 0 Å². The molecule has 2 fully saturated rings. The Hall–Kier alpha value is -0.0400. The van der Waals surface area contributed by atoms with Crippen LogP contribution >= 0.6 is 0 Å². The first-order valence-electron chi connectivity index (χ1n) is 7.53. The highest BCUT2D eigenvalue weighted by atomic mass is 16.5. The minimum Gasteiger partial charge on any atom is -0.378 e. The lowest BCUT2D eigenvalue weighted by molar-refractivity contribution is -0.0249. The van der Waals surface area contributed by atoms with Crippen molar-refractivity contribution in [2.45, 2.75) is 77.2 Å². The fourth-order valence-electron chi connectivity index (χ4n) is 3.59. The molecule has 1 nitrogen and oxygen atoms in total. The number of hydrogen-bond donors (Lipinski definition) is 0. The van der Waals surface area contributed by atoms with Crippen LogP contribution in [0.2, 0.25) is 0 Å². The van der Waals surface area contributed by atoms with E-state index in [0.29, 0.717) is 6.10 Å². The van der Waals surface area contributed by atoms with E-state index in [1.807, 2.05) is 0 Å². The fraction of sp³-hybridized carbons (Fsp3) is 1.00. The maximum Gasteiger partial charge on any atom is 0.0631 e. The Kier molecular flexibility index (Phi) is 5.15. The van der Waals surface area contributed by atoms with E-state index < -0.39 is 0 Å². The maximum absolute atomic E-state index is 6.25. The summed E-state index contributed by atoms with van der Waals surface area (Å²) in [5, 5.41) is 0. The Morgan fingerprint density at radius 3 is 1.88 bits per heavy atom. The quantitative estimate of drug-likeness (QED) is 0.601. The molecule has 2 saturated carbocycles. The summed E-state index contributed by atoms with van der Waals surface area (Å²) in [6, 6.07) is 0.